The number of halogens is 2. The van der Waals surface area contributed by atoms with Crippen LogP contribution in [0.3, 0.4) is 0 Å². The first-order valence-electron chi connectivity index (χ1n) is 5.03. The lowest BCUT2D eigenvalue weighted by Crippen LogP contribution is -2.11. The Labute approximate surface area is 111 Å². The molecule has 0 aliphatic heterocycles. The summed E-state index contributed by atoms with van der Waals surface area (Å²) in [4.78, 5) is 7.42. The first kappa shape index (κ1) is 12.7. The zero-order valence-corrected chi connectivity index (χ0v) is 11.0. The number of nitrogens with one attached hydrogen (secondary N) is 1. The maximum Gasteiger partial charge on any atom is 0.260 e. The third-order valence-corrected chi connectivity index (χ3v) is 2.69. The number of nitrogens with zero attached hydrogens (tertiary/aromatic N) is 2. The molecule has 18 heavy (non-hydrogen) atoms. The lowest BCUT2D eigenvalue weighted by Gasteiger charge is -2.09. The highest BCUT2D eigenvalue weighted by Crippen LogP contribution is 2.28. The van der Waals surface area contributed by atoms with E-state index < -0.39 is 5.82 Å². The van der Waals surface area contributed by atoms with Crippen molar-refractivity contribution in [1.29, 1.82) is 0 Å². The molecule has 0 amide bonds. The van der Waals surface area contributed by atoms with Crippen molar-refractivity contribution in [3.8, 4) is 11.6 Å². The van der Waals surface area contributed by atoms with Gasteiger partial charge in [-0.15, -0.1) is 0 Å². The summed E-state index contributed by atoms with van der Waals surface area (Å²) in [5.41, 5.74) is 3.09. The summed E-state index contributed by atoms with van der Waals surface area (Å²) in [6.45, 7) is 1.85. The Hall–Kier alpha value is -1.73. The molecular weight excluding hydrogens is 303 g/mol. The zero-order chi connectivity index (χ0) is 13.1. The van der Waals surface area contributed by atoms with E-state index in [0.29, 0.717) is 5.75 Å². The van der Waals surface area contributed by atoms with E-state index in [1.54, 1.807) is 6.07 Å². The van der Waals surface area contributed by atoms with Crippen LogP contribution in [0.4, 0.5) is 10.3 Å². The van der Waals surface area contributed by atoms with E-state index in [9.17, 15) is 4.39 Å². The average Bonchev–Trinajstić information content (AvgIpc) is 2.36. The maximum absolute atomic E-state index is 13.5. The highest BCUT2D eigenvalue weighted by Gasteiger charge is 2.10. The van der Waals surface area contributed by atoms with Crippen LogP contribution in [0.25, 0.3) is 0 Å². The smallest absolute Gasteiger partial charge is 0.260 e. The van der Waals surface area contributed by atoms with Crippen LogP contribution in [0.15, 0.2) is 28.9 Å². The number of benzene rings is 1. The van der Waals surface area contributed by atoms with Crippen molar-refractivity contribution >= 4 is 21.9 Å². The number of ether oxygens (including phenoxy) is 1. The van der Waals surface area contributed by atoms with Crippen LogP contribution in [0.2, 0.25) is 0 Å². The highest BCUT2D eigenvalue weighted by molar-refractivity contribution is 9.10. The number of anilines is 1. The van der Waals surface area contributed by atoms with Crippen LogP contribution in [-0.4, -0.2) is 9.97 Å². The molecule has 1 aromatic heterocycles. The second kappa shape index (κ2) is 5.28. The van der Waals surface area contributed by atoms with E-state index in [2.05, 4.69) is 31.3 Å². The van der Waals surface area contributed by atoms with Crippen LogP contribution in [-0.2, 0) is 0 Å². The van der Waals surface area contributed by atoms with Gasteiger partial charge in [0.05, 0.1) is 6.20 Å². The van der Waals surface area contributed by atoms with E-state index in [-0.39, 0.29) is 11.8 Å². The van der Waals surface area contributed by atoms with Crippen molar-refractivity contribution in [2.24, 2.45) is 5.84 Å². The van der Waals surface area contributed by atoms with Gasteiger partial charge in [0.25, 0.3) is 5.88 Å². The van der Waals surface area contributed by atoms with Gasteiger partial charge in [-0.2, -0.15) is 9.37 Å². The second-order valence-corrected chi connectivity index (χ2v) is 4.42. The summed E-state index contributed by atoms with van der Waals surface area (Å²) in [7, 11) is 0. The number of aromatic nitrogens is 2. The fourth-order valence-corrected chi connectivity index (χ4v) is 1.62. The lowest BCUT2D eigenvalue weighted by molar-refractivity contribution is 0.418. The number of rotatable bonds is 3. The van der Waals surface area contributed by atoms with Gasteiger partial charge in [0.1, 0.15) is 5.75 Å². The van der Waals surface area contributed by atoms with Crippen LogP contribution < -0.4 is 16.0 Å². The molecule has 0 bridgehead atoms. The van der Waals surface area contributed by atoms with E-state index in [1.165, 1.54) is 0 Å². The molecule has 2 aromatic rings. The number of hydrogen-bond acceptors (Lipinski definition) is 5. The summed E-state index contributed by atoms with van der Waals surface area (Å²) >= 11 is 3.32. The summed E-state index contributed by atoms with van der Waals surface area (Å²) in [6.07, 6.45) is 0.991. The molecule has 0 radical (unpaired) electrons. The first-order chi connectivity index (χ1) is 8.60. The SMILES string of the molecule is Cc1ccc(Br)cc1Oc1nc(NN)ncc1F. The monoisotopic (exact) mass is 312 g/mol. The van der Waals surface area contributed by atoms with Gasteiger partial charge >= 0.3 is 0 Å². The van der Waals surface area contributed by atoms with Crippen molar-refractivity contribution in [2.75, 3.05) is 5.43 Å². The normalized spacial score (nSPS) is 10.2. The minimum absolute atomic E-state index is 0.0825. The van der Waals surface area contributed by atoms with Crippen LogP contribution in [0.1, 0.15) is 5.56 Å². The van der Waals surface area contributed by atoms with E-state index >= 15 is 0 Å². The van der Waals surface area contributed by atoms with Gasteiger partial charge in [0.15, 0.2) is 0 Å². The number of hydrazine groups is 1. The first-order valence-corrected chi connectivity index (χ1v) is 5.82. The van der Waals surface area contributed by atoms with E-state index in [0.717, 1.165) is 16.2 Å². The third kappa shape index (κ3) is 2.74. The molecule has 0 aliphatic carbocycles. The molecule has 0 aliphatic rings. The standard InChI is InChI=1S/C11H10BrFN4O/c1-6-2-3-7(12)4-9(6)18-10-8(13)5-15-11(16-10)17-14/h2-5H,14H2,1H3,(H,15,16,17). The molecule has 94 valence electrons. The van der Waals surface area contributed by atoms with Gasteiger partial charge in [-0.25, -0.2) is 10.8 Å². The van der Waals surface area contributed by atoms with Gasteiger partial charge in [0.2, 0.25) is 11.8 Å². The molecule has 0 saturated carbocycles. The van der Waals surface area contributed by atoms with E-state index in [4.69, 9.17) is 10.6 Å². The van der Waals surface area contributed by atoms with Gasteiger partial charge < -0.3 is 4.74 Å². The highest BCUT2D eigenvalue weighted by atomic mass is 79.9. The zero-order valence-electron chi connectivity index (χ0n) is 9.45. The molecule has 0 spiro atoms. The van der Waals surface area contributed by atoms with Crippen LogP contribution in [0, 0.1) is 12.7 Å². The summed E-state index contributed by atoms with van der Waals surface area (Å²) in [5.74, 6) is 4.90. The summed E-state index contributed by atoms with van der Waals surface area (Å²) in [6, 6.07) is 5.44. The quantitative estimate of drug-likeness (QED) is 0.673. The molecule has 0 atom stereocenters. The molecule has 2 rings (SSSR count). The minimum atomic E-state index is -0.659. The van der Waals surface area contributed by atoms with Crippen molar-refractivity contribution in [2.45, 2.75) is 6.92 Å². The number of nitrogen functional groups attached to an aromatic ring is 1. The minimum Gasteiger partial charge on any atom is -0.436 e. The van der Waals surface area contributed by atoms with Gasteiger partial charge in [-0.1, -0.05) is 22.0 Å². The predicted octanol–water partition coefficient (Wildman–Crippen LogP) is 2.76. The van der Waals surface area contributed by atoms with Crippen molar-refractivity contribution < 1.29 is 9.13 Å². The topological polar surface area (TPSA) is 73.1 Å². The average molecular weight is 313 g/mol. The molecule has 1 aromatic carbocycles. The predicted molar refractivity (Wildman–Crippen MR) is 68.8 cm³/mol. The van der Waals surface area contributed by atoms with Gasteiger partial charge in [-0.3, -0.25) is 5.43 Å². The fraction of sp³-hybridized carbons (Fsp3) is 0.0909. The van der Waals surface area contributed by atoms with Crippen LogP contribution in [0.5, 0.6) is 11.6 Å². The fourth-order valence-electron chi connectivity index (χ4n) is 1.28. The van der Waals surface area contributed by atoms with Crippen molar-refractivity contribution in [1.82, 2.24) is 9.97 Å². The Kier molecular flexibility index (Phi) is 3.73. The number of aryl methyl sites for hydroxylation is 1. The third-order valence-electron chi connectivity index (χ3n) is 2.20. The summed E-state index contributed by atoms with van der Waals surface area (Å²) < 4.78 is 19.7. The molecule has 0 saturated heterocycles. The number of nitrogens with two attached hydrogens (primary N) is 1. The largest absolute Gasteiger partial charge is 0.436 e. The van der Waals surface area contributed by atoms with E-state index in [1.807, 2.05) is 19.1 Å². The second-order valence-electron chi connectivity index (χ2n) is 3.50. The maximum atomic E-state index is 13.5. The van der Waals surface area contributed by atoms with Crippen LogP contribution >= 0.6 is 15.9 Å². The Morgan fingerprint density at radius 2 is 2.22 bits per heavy atom. The lowest BCUT2D eigenvalue weighted by atomic mass is 10.2. The molecule has 0 unspecified atom stereocenters. The Balaban J connectivity index is 2.36. The summed E-state index contributed by atoms with van der Waals surface area (Å²) in [5, 5.41) is 0. The Morgan fingerprint density at radius 1 is 1.44 bits per heavy atom. The molecule has 5 nitrogen and oxygen atoms in total. The van der Waals surface area contributed by atoms with Gasteiger partial charge in [-0.05, 0) is 24.6 Å². The molecule has 1 heterocycles. The van der Waals surface area contributed by atoms with Crippen molar-refractivity contribution in [3.05, 3.63) is 40.2 Å². The number of hydrogen-bond donors (Lipinski definition) is 2. The van der Waals surface area contributed by atoms with Crippen molar-refractivity contribution in [3.63, 3.8) is 0 Å². The molecular formula is C11H10BrFN4O. The molecule has 3 N–H and O–H groups in total. The Morgan fingerprint density at radius 3 is 2.94 bits per heavy atom. The molecule has 0 fully saturated rings. The van der Waals surface area contributed by atoms with Gasteiger partial charge in [0, 0.05) is 4.47 Å². The molecule has 7 heteroatoms. The Bertz CT molecular complexity index is 579.